The maximum atomic E-state index is 13.1. The van der Waals surface area contributed by atoms with Gasteiger partial charge in [0.2, 0.25) is 0 Å². The lowest BCUT2D eigenvalue weighted by Crippen LogP contribution is -2.32. The van der Waals surface area contributed by atoms with E-state index in [-0.39, 0.29) is 11.8 Å². The number of amides is 2. The Hall–Kier alpha value is -2.76. The fraction of sp³-hybridized carbons (Fsp3) is 0.259. The van der Waals surface area contributed by atoms with E-state index in [1.54, 1.807) is 23.9 Å². The minimum absolute atomic E-state index is 0.0117. The maximum absolute atomic E-state index is 13.1. The van der Waals surface area contributed by atoms with E-state index in [1.165, 1.54) is 0 Å². The average molecular weight is 479 g/mol. The predicted octanol–water partition coefficient (Wildman–Crippen LogP) is 6.90. The van der Waals surface area contributed by atoms with Gasteiger partial charge in [-0.1, -0.05) is 48.7 Å². The highest BCUT2D eigenvalue weighted by Gasteiger charge is 2.20. The number of carbonyl (C=O) groups is 2. The van der Waals surface area contributed by atoms with Crippen LogP contribution in [-0.2, 0) is 5.75 Å². The smallest absolute Gasteiger partial charge is 0.255 e. The summed E-state index contributed by atoms with van der Waals surface area (Å²) >= 11 is 7.66. The minimum Gasteiger partial charge on any atom is -0.339 e. The fourth-order valence-corrected chi connectivity index (χ4v) is 4.85. The summed E-state index contributed by atoms with van der Waals surface area (Å²) < 4.78 is 0. The normalized spacial score (nSPS) is 13.9. The lowest BCUT2D eigenvalue weighted by Gasteiger charge is -2.22. The van der Waals surface area contributed by atoms with Crippen LogP contribution in [0.2, 0.25) is 5.02 Å². The van der Waals surface area contributed by atoms with E-state index >= 15 is 0 Å². The van der Waals surface area contributed by atoms with Gasteiger partial charge < -0.3 is 10.2 Å². The van der Waals surface area contributed by atoms with Crippen LogP contribution in [0.25, 0.3) is 0 Å². The molecule has 1 fully saturated rings. The van der Waals surface area contributed by atoms with Crippen LogP contribution >= 0.6 is 23.4 Å². The Morgan fingerprint density at radius 2 is 1.52 bits per heavy atom. The second-order valence-corrected chi connectivity index (χ2v) is 9.63. The van der Waals surface area contributed by atoms with E-state index in [2.05, 4.69) is 5.32 Å². The number of rotatable bonds is 6. The Morgan fingerprint density at radius 3 is 2.21 bits per heavy atom. The first-order valence-electron chi connectivity index (χ1n) is 11.3. The van der Waals surface area contributed by atoms with Crippen LogP contribution < -0.4 is 5.32 Å². The van der Waals surface area contributed by atoms with Crippen molar-refractivity contribution in [2.24, 2.45) is 0 Å². The van der Waals surface area contributed by atoms with Crippen molar-refractivity contribution >= 4 is 40.9 Å². The number of benzene rings is 3. The Bertz CT molecular complexity index is 1090. The molecular formula is C27H27ClN2O2S. The van der Waals surface area contributed by atoms with Crippen LogP contribution in [0.1, 0.15) is 52.0 Å². The summed E-state index contributed by atoms with van der Waals surface area (Å²) in [7, 11) is 0. The molecule has 3 aromatic rings. The molecule has 0 atom stereocenters. The highest BCUT2D eigenvalue weighted by Crippen LogP contribution is 2.25. The number of anilines is 1. The van der Waals surface area contributed by atoms with E-state index in [1.807, 2.05) is 65.6 Å². The lowest BCUT2D eigenvalue weighted by atomic mass is 10.1. The van der Waals surface area contributed by atoms with Crippen molar-refractivity contribution in [2.45, 2.75) is 36.3 Å². The Kier molecular flexibility index (Phi) is 8.08. The van der Waals surface area contributed by atoms with Gasteiger partial charge in [-0.15, -0.1) is 11.8 Å². The third kappa shape index (κ3) is 6.40. The van der Waals surface area contributed by atoms with Crippen LogP contribution in [0.3, 0.4) is 0 Å². The molecule has 0 saturated carbocycles. The molecule has 0 bridgehead atoms. The number of carbonyl (C=O) groups excluding carboxylic acids is 2. The van der Waals surface area contributed by atoms with Gasteiger partial charge in [0.15, 0.2) is 0 Å². The van der Waals surface area contributed by atoms with Gasteiger partial charge in [-0.2, -0.15) is 0 Å². The van der Waals surface area contributed by atoms with Crippen molar-refractivity contribution in [1.29, 1.82) is 0 Å². The molecule has 1 aliphatic heterocycles. The molecule has 2 amide bonds. The quantitative estimate of drug-likeness (QED) is 0.392. The molecule has 6 heteroatoms. The van der Waals surface area contributed by atoms with Crippen molar-refractivity contribution in [3.8, 4) is 0 Å². The zero-order valence-electron chi connectivity index (χ0n) is 18.4. The molecule has 1 heterocycles. The molecule has 170 valence electrons. The highest BCUT2D eigenvalue weighted by molar-refractivity contribution is 7.98. The third-order valence-corrected chi connectivity index (χ3v) is 7.07. The number of hydrogen-bond donors (Lipinski definition) is 1. The first-order valence-corrected chi connectivity index (χ1v) is 12.6. The van der Waals surface area contributed by atoms with E-state index in [0.29, 0.717) is 16.8 Å². The third-order valence-electron chi connectivity index (χ3n) is 5.73. The molecular weight excluding hydrogens is 452 g/mol. The second-order valence-electron chi connectivity index (χ2n) is 8.15. The summed E-state index contributed by atoms with van der Waals surface area (Å²) in [6.07, 6.45) is 4.39. The Morgan fingerprint density at radius 1 is 0.848 bits per heavy atom. The van der Waals surface area contributed by atoms with Crippen LogP contribution in [-0.4, -0.2) is 29.8 Å². The molecule has 0 aromatic heterocycles. The standard InChI is InChI=1S/C27H27ClN2O2S/c28-22-13-15-23(16-14-22)33-19-20-9-11-21(12-10-20)26(31)29-25-8-4-3-7-24(25)27(32)30-17-5-1-2-6-18-30/h3-4,7-16H,1-2,5-6,17-19H2,(H,29,31). The number of thioether (sulfide) groups is 1. The first kappa shape index (κ1) is 23.4. The first-order chi connectivity index (χ1) is 16.1. The summed E-state index contributed by atoms with van der Waals surface area (Å²) in [5.41, 5.74) is 2.79. The van der Waals surface area contributed by atoms with Gasteiger partial charge in [-0.05, 0) is 66.9 Å². The van der Waals surface area contributed by atoms with Gasteiger partial charge in [0.1, 0.15) is 0 Å². The van der Waals surface area contributed by atoms with Gasteiger partial charge in [-0.25, -0.2) is 0 Å². The van der Waals surface area contributed by atoms with Gasteiger partial charge in [-0.3, -0.25) is 9.59 Å². The summed E-state index contributed by atoms with van der Waals surface area (Å²) in [5, 5.41) is 3.67. The molecule has 3 aromatic carbocycles. The van der Waals surface area contributed by atoms with Crippen LogP contribution in [0.5, 0.6) is 0 Å². The van der Waals surface area contributed by atoms with Crippen molar-refractivity contribution in [2.75, 3.05) is 18.4 Å². The summed E-state index contributed by atoms with van der Waals surface area (Å²) in [6, 6.07) is 22.6. The van der Waals surface area contributed by atoms with Crippen molar-refractivity contribution in [1.82, 2.24) is 4.90 Å². The summed E-state index contributed by atoms with van der Waals surface area (Å²) in [5.74, 6) is 0.571. The Balaban J connectivity index is 1.40. The number of likely N-dealkylation sites (tertiary alicyclic amines) is 1. The van der Waals surface area contributed by atoms with Crippen LogP contribution in [0.4, 0.5) is 5.69 Å². The largest absolute Gasteiger partial charge is 0.339 e. The molecule has 1 saturated heterocycles. The topological polar surface area (TPSA) is 49.4 Å². The number of nitrogens with one attached hydrogen (secondary N) is 1. The van der Waals surface area contributed by atoms with Gasteiger partial charge >= 0.3 is 0 Å². The number of halogens is 1. The van der Waals surface area contributed by atoms with Gasteiger partial charge in [0, 0.05) is 34.3 Å². The van der Waals surface area contributed by atoms with Crippen molar-refractivity contribution in [3.63, 3.8) is 0 Å². The molecule has 0 unspecified atom stereocenters. The molecule has 33 heavy (non-hydrogen) atoms. The monoisotopic (exact) mass is 478 g/mol. The molecule has 0 radical (unpaired) electrons. The average Bonchev–Trinajstić information content (AvgIpc) is 3.14. The molecule has 1 aliphatic rings. The van der Waals surface area contributed by atoms with Gasteiger partial charge in [0.25, 0.3) is 11.8 Å². The molecule has 1 N–H and O–H groups in total. The van der Waals surface area contributed by atoms with Gasteiger partial charge in [0.05, 0.1) is 11.3 Å². The van der Waals surface area contributed by atoms with Crippen molar-refractivity contribution in [3.05, 3.63) is 94.5 Å². The van der Waals surface area contributed by atoms with Crippen LogP contribution in [0.15, 0.2) is 77.7 Å². The molecule has 4 rings (SSSR count). The SMILES string of the molecule is O=C(Nc1ccccc1C(=O)N1CCCCCC1)c1ccc(CSc2ccc(Cl)cc2)cc1. The van der Waals surface area contributed by atoms with E-state index < -0.39 is 0 Å². The maximum Gasteiger partial charge on any atom is 0.255 e. The summed E-state index contributed by atoms with van der Waals surface area (Å²) in [6.45, 7) is 1.55. The number of hydrogen-bond acceptors (Lipinski definition) is 3. The fourth-order valence-electron chi connectivity index (χ4n) is 3.87. The number of para-hydroxylation sites is 1. The van der Waals surface area contributed by atoms with Crippen molar-refractivity contribution < 1.29 is 9.59 Å². The predicted molar refractivity (Wildman–Crippen MR) is 136 cm³/mol. The van der Waals surface area contributed by atoms with Crippen LogP contribution in [0, 0.1) is 0 Å². The Labute approximate surface area is 204 Å². The summed E-state index contributed by atoms with van der Waals surface area (Å²) in [4.78, 5) is 29.1. The molecule has 4 nitrogen and oxygen atoms in total. The highest BCUT2D eigenvalue weighted by atomic mass is 35.5. The lowest BCUT2D eigenvalue weighted by molar-refractivity contribution is 0.0762. The molecule has 0 aliphatic carbocycles. The van der Waals surface area contributed by atoms with E-state index in [0.717, 1.165) is 60.0 Å². The van der Waals surface area contributed by atoms with E-state index in [9.17, 15) is 9.59 Å². The zero-order valence-corrected chi connectivity index (χ0v) is 20.0. The number of nitrogens with zero attached hydrogens (tertiary/aromatic N) is 1. The minimum atomic E-state index is -0.219. The second kappa shape index (κ2) is 11.4. The molecule has 0 spiro atoms. The van der Waals surface area contributed by atoms with E-state index in [4.69, 9.17) is 11.6 Å². The zero-order chi connectivity index (χ0) is 23.0.